The summed E-state index contributed by atoms with van der Waals surface area (Å²) in [5.41, 5.74) is 13.4. The normalized spacial score (nSPS) is 11.5. The summed E-state index contributed by atoms with van der Waals surface area (Å²) in [7, 11) is 0. The van der Waals surface area contributed by atoms with Crippen LogP contribution < -0.4 is 4.90 Å². The number of benzene rings is 8. The predicted octanol–water partition coefficient (Wildman–Crippen LogP) is 14.0. The highest BCUT2D eigenvalue weighted by Crippen LogP contribution is 2.49. The molecule has 0 spiro atoms. The standard InChI is InChI=1S/C48H31NO2/c1-4-13-32(14-5-1)34-23-27-37(28-24-34)49(38-29-25-35(26-30-38)33-15-6-2-7-16-33)41-20-12-22-43-46(41)40-31-44-47(39-19-10-11-21-42(39)50-44)45(48(40)51-43)36-17-8-3-9-18-36/h1-31H. The quantitative estimate of drug-likeness (QED) is 0.179. The lowest BCUT2D eigenvalue weighted by Gasteiger charge is -2.26. The third kappa shape index (κ3) is 4.90. The molecule has 0 aliphatic heterocycles. The predicted molar refractivity (Wildman–Crippen MR) is 212 cm³/mol. The maximum Gasteiger partial charge on any atom is 0.144 e. The Labute approximate surface area is 295 Å². The van der Waals surface area contributed by atoms with Crippen LogP contribution in [-0.2, 0) is 0 Å². The Morgan fingerprint density at radius 2 is 0.843 bits per heavy atom. The summed E-state index contributed by atoms with van der Waals surface area (Å²) in [6, 6.07) is 66.0. The maximum absolute atomic E-state index is 6.91. The molecular weight excluding hydrogens is 623 g/mol. The fourth-order valence-corrected chi connectivity index (χ4v) is 7.51. The zero-order valence-corrected chi connectivity index (χ0v) is 27.7. The number of para-hydroxylation sites is 1. The molecule has 8 aromatic carbocycles. The Morgan fingerprint density at radius 1 is 0.333 bits per heavy atom. The molecule has 0 aliphatic carbocycles. The first-order valence-corrected chi connectivity index (χ1v) is 17.3. The highest BCUT2D eigenvalue weighted by Gasteiger charge is 2.24. The van der Waals surface area contributed by atoms with Crippen LogP contribution in [0.15, 0.2) is 197 Å². The van der Waals surface area contributed by atoms with Crippen molar-refractivity contribution in [1.29, 1.82) is 0 Å². The van der Waals surface area contributed by atoms with E-state index >= 15 is 0 Å². The fraction of sp³-hybridized carbons (Fsp3) is 0. The van der Waals surface area contributed by atoms with E-state index in [1.165, 1.54) is 22.3 Å². The van der Waals surface area contributed by atoms with E-state index in [2.05, 4.69) is 181 Å². The number of furan rings is 2. The smallest absolute Gasteiger partial charge is 0.144 e. The second-order valence-corrected chi connectivity index (χ2v) is 12.9. The van der Waals surface area contributed by atoms with Crippen LogP contribution in [0.5, 0.6) is 0 Å². The van der Waals surface area contributed by atoms with Gasteiger partial charge in [-0.15, -0.1) is 0 Å². The Hall–Kier alpha value is -6.84. The number of nitrogens with zero attached hydrogens (tertiary/aromatic N) is 1. The Morgan fingerprint density at radius 3 is 1.45 bits per heavy atom. The van der Waals surface area contributed by atoms with Crippen molar-refractivity contribution in [2.75, 3.05) is 4.90 Å². The van der Waals surface area contributed by atoms with Gasteiger partial charge in [-0.05, 0) is 76.3 Å². The largest absolute Gasteiger partial charge is 0.456 e. The van der Waals surface area contributed by atoms with Gasteiger partial charge >= 0.3 is 0 Å². The number of anilines is 3. The van der Waals surface area contributed by atoms with Gasteiger partial charge in [0.05, 0.1) is 11.1 Å². The molecule has 0 amide bonds. The second kappa shape index (κ2) is 11.9. The molecule has 3 nitrogen and oxygen atoms in total. The van der Waals surface area contributed by atoms with E-state index in [1.54, 1.807) is 0 Å². The first-order valence-electron chi connectivity index (χ1n) is 17.3. The third-order valence-electron chi connectivity index (χ3n) is 9.87. The van der Waals surface area contributed by atoms with Gasteiger partial charge in [0.25, 0.3) is 0 Å². The minimum absolute atomic E-state index is 0.823. The van der Waals surface area contributed by atoms with E-state index < -0.39 is 0 Å². The van der Waals surface area contributed by atoms with E-state index in [0.29, 0.717) is 0 Å². The van der Waals surface area contributed by atoms with Gasteiger partial charge in [0.2, 0.25) is 0 Å². The van der Waals surface area contributed by atoms with Crippen LogP contribution in [0.4, 0.5) is 17.1 Å². The first kappa shape index (κ1) is 29.1. The molecule has 0 saturated heterocycles. The van der Waals surface area contributed by atoms with Crippen LogP contribution in [0, 0.1) is 0 Å². The Balaban J connectivity index is 1.23. The molecular formula is C48H31NO2. The van der Waals surface area contributed by atoms with Crippen LogP contribution in [-0.4, -0.2) is 0 Å². The van der Waals surface area contributed by atoms with Crippen molar-refractivity contribution in [2.24, 2.45) is 0 Å². The van der Waals surface area contributed by atoms with Gasteiger partial charge < -0.3 is 13.7 Å². The Bertz CT molecular complexity index is 2730. The van der Waals surface area contributed by atoms with Gasteiger partial charge in [-0.1, -0.05) is 140 Å². The summed E-state index contributed by atoms with van der Waals surface area (Å²) in [4.78, 5) is 2.34. The van der Waals surface area contributed by atoms with E-state index in [1.807, 2.05) is 12.1 Å². The third-order valence-corrected chi connectivity index (χ3v) is 9.87. The molecule has 10 aromatic rings. The fourth-order valence-electron chi connectivity index (χ4n) is 7.51. The second-order valence-electron chi connectivity index (χ2n) is 12.9. The lowest BCUT2D eigenvalue weighted by atomic mass is 9.96. The van der Waals surface area contributed by atoms with Gasteiger partial charge in [0.15, 0.2) is 0 Å². The first-order chi connectivity index (χ1) is 25.3. The zero-order valence-electron chi connectivity index (χ0n) is 27.7. The van der Waals surface area contributed by atoms with E-state index in [4.69, 9.17) is 8.83 Å². The average Bonchev–Trinajstić information content (AvgIpc) is 3.77. The van der Waals surface area contributed by atoms with Crippen LogP contribution in [0.1, 0.15) is 0 Å². The van der Waals surface area contributed by atoms with Gasteiger partial charge in [0.1, 0.15) is 22.3 Å². The minimum Gasteiger partial charge on any atom is -0.456 e. The van der Waals surface area contributed by atoms with Crippen molar-refractivity contribution >= 4 is 60.9 Å². The molecule has 2 aromatic heterocycles. The van der Waals surface area contributed by atoms with Crippen LogP contribution >= 0.6 is 0 Å². The van der Waals surface area contributed by atoms with E-state index in [-0.39, 0.29) is 0 Å². The molecule has 3 heteroatoms. The number of hydrogen-bond donors (Lipinski definition) is 0. The van der Waals surface area contributed by atoms with Crippen molar-refractivity contribution < 1.29 is 8.83 Å². The highest BCUT2D eigenvalue weighted by molar-refractivity contribution is 6.25. The maximum atomic E-state index is 6.91. The average molecular weight is 654 g/mol. The van der Waals surface area contributed by atoms with Crippen molar-refractivity contribution in [3.05, 3.63) is 188 Å². The summed E-state index contributed by atoms with van der Waals surface area (Å²) in [5, 5.41) is 4.19. The molecule has 51 heavy (non-hydrogen) atoms. The summed E-state index contributed by atoms with van der Waals surface area (Å²) in [6.07, 6.45) is 0. The van der Waals surface area contributed by atoms with Gasteiger partial charge in [-0.25, -0.2) is 0 Å². The summed E-state index contributed by atoms with van der Waals surface area (Å²) in [5.74, 6) is 0. The molecule has 0 bridgehead atoms. The topological polar surface area (TPSA) is 29.5 Å². The van der Waals surface area contributed by atoms with Crippen LogP contribution in [0.2, 0.25) is 0 Å². The van der Waals surface area contributed by atoms with Crippen molar-refractivity contribution in [3.63, 3.8) is 0 Å². The molecule has 0 unspecified atom stereocenters. The Kier molecular flexibility index (Phi) is 6.81. The molecule has 0 fully saturated rings. The molecule has 0 saturated carbocycles. The summed E-state index contributed by atoms with van der Waals surface area (Å²) >= 11 is 0. The molecule has 2 heterocycles. The lowest BCUT2D eigenvalue weighted by molar-refractivity contribution is 0.664. The summed E-state index contributed by atoms with van der Waals surface area (Å²) < 4.78 is 13.5. The molecule has 0 aliphatic rings. The van der Waals surface area contributed by atoms with Gasteiger partial charge in [0, 0.05) is 33.1 Å². The number of hydrogen-bond acceptors (Lipinski definition) is 3. The molecule has 10 rings (SSSR count). The lowest BCUT2D eigenvalue weighted by Crippen LogP contribution is -2.10. The van der Waals surface area contributed by atoms with Gasteiger partial charge in [-0.3, -0.25) is 0 Å². The number of rotatable bonds is 6. The van der Waals surface area contributed by atoms with Crippen molar-refractivity contribution in [3.8, 4) is 33.4 Å². The highest BCUT2D eigenvalue weighted by atomic mass is 16.3. The molecule has 0 radical (unpaired) electrons. The monoisotopic (exact) mass is 653 g/mol. The number of fused-ring (bicyclic) bond motifs is 6. The van der Waals surface area contributed by atoms with Crippen LogP contribution in [0.3, 0.4) is 0 Å². The zero-order chi connectivity index (χ0) is 33.7. The van der Waals surface area contributed by atoms with E-state index in [0.717, 1.165) is 72.1 Å². The SMILES string of the molecule is c1ccc(-c2ccc(N(c3ccc(-c4ccccc4)cc3)c3cccc4oc5c(-c6ccccc6)c6c(cc5c34)oc3ccccc36)cc2)cc1. The minimum atomic E-state index is 0.823. The van der Waals surface area contributed by atoms with Crippen LogP contribution in [0.25, 0.3) is 77.3 Å². The molecule has 240 valence electrons. The van der Waals surface area contributed by atoms with Crippen molar-refractivity contribution in [1.82, 2.24) is 0 Å². The summed E-state index contributed by atoms with van der Waals surface area (Å²) in [6.45, 7) is 0. The van der Waals surface area contributed by atoms with Gasteiger partial charge in [-0.2, -0.15) is 0 Å². The van der Waals surface area contributed by atoms with E-state index in [9.17, 15) is 0 Å². The van der Waals surface area contributed by atoms with Crippen molar-refractivity contribution in [2.45, 2.75) is 0 Å². The molecule has 0 N–H and O–H groups in total. The molecule has 0 atom stereocenters.